The van der Waals surface area contributed by atoms with Crippen LogP contribution in [0.25, 0.3) is 0 Å². The van der Waals surface area contributed by atoms with Gasteiger partial charge in [-0.15, -0.1) is 0 Å². The van der Waals surface area contributed by atoms with E-state index in [1.54, 1.807) is 4.83 Å². The highest BCUT2D eigenvalue weighted by Crippen LogP contribution is 2.27. The first-order valence-corrected chi connectivity index (χ1v) is 5.98. The lowest BCUT2D eigenvalue weighted by atomic mass is 9.91. The van der Waals surface area contributed by atoms with Gasteiger partial charge in [0, 0.05) is 12.0 Å². The molecule has 1 atom stereocenters. The average molecular weight is 224 g/mol. The maximum atomic E-state index is 10.9. The monoisotopic (exact) mass is 224 g/mol. The third-order valence-electron chi connectivity index (χ3n) is 2.17. The lowest BCUT2D eigenvalue weighted by molar-refractivity contribution is 0.0650. The molecule has 1 unspecified atom stereocenters. The Labute approximate surface area is 83.8 Å². The second-order valence-corrected chi connectivity index (χ2v) is 5.51. The fourth-order valence-electron chi connectivity index (χ4n) is 1.25. The van der Waals surface area contributed by atoms with E-state index in [1.807, 2.05) is 6.92 Å². The minimum absolute atomic E-state index is 0.0654. The molecule has 1 aliphatic heterocycles. The van der Waals surface area contributed by atoms with Crippen LogP contribution >= 0.6 is 0 Å². The summed E-state index contributed by atoms with van der Waals surface area (Å²) in [5.74, 6) is 4.39. The molecule has 0 aromatic carbocycles. The van der Waals surface area contributed by atoms with Crippen LogP contribution < -0.4 is 10.7 Å². The maximum Gasteiger partial charge on any atom is 0.248 e. The minimum atomic E-state index is -3.47. The normalized spacial score (nSPS) is 28.1. The van der Waals surface area contributed by atoms with Crippen molar-refractivity contribution in [3.63, 3.8) is 0 Å². The number of rotatable bonds is 5. The van der Waals surface area contributed by atoms with Crippen molar-refractivity contribution in [3.05, 3.63) is 0 Å². The molecule has 1 aliphatic rings. The van der Waals surface area contributed by atoms with Crippen LogP contribution in [0, 0.1) is 5.41 Å². The molecule has 0 bridgehead atoms. The van der Waals surface area contributed by atoms with Crippen molar-refractivity contribution in [2.45, 2.75) is 13.3 Å². The predicted molar refractivity (Wildman–Crippen MR) is 50.6 cm³/mol. The maximum absolute atomic E-state index is 10.9. The van der Waals surface area contributed by atoms with E-state index in [4.69, 9.17) is 15.3 Å². The summed E-state index contributed by atoms with van der Waals surface area (Å²) in [7, 11) is -3.47. The van der Waals surface area contributed by atoms with E-state index in [-0.39, 0.29) is 5.41 Å². The van der Waals surface area contributed by atoms with E-state index in [1.165, 1.54) is 0 Å². The van der Waals surface area contributed by atoms with Crippen molar-refractivity contribution in [1.29, 1.82) is 0 Å². The average Bonchev–Trinajstić information content (AvgIpc) is 2.52. The van der Waals surface area contributed by atoms with Crippen molar-refractivity contribution in [2.24, 2.45) is 11.3 Å². The van der Waals surface area contributed by atoms with Crippen LogP contribution in [0.1, 0.15) is 13.3 Å². The molecular weight excluding hydrogens is 208 g/mol. The van der Waals surface area contributed by atoms with Gasteiger partial charge in [-0.05, 0) is 6.42 Å². The van der Waals surface area contributed by atoms with Crippen LogP contribution in [0.2, 0.25) is 0 Å². The summed E-state index contributed by atoms with van der Waals surface area (Å²) < 4.78 is 32.0. The second-order valence-electron chi connectivity index (χ2n) is 3.81. The van der Waals surface area contributed by atoms with Gasteiger partial charge < -0.3 is 9.47 Å². The second kappa shape index (κ2) is 4.54. The summed E-state index contributed by atoms with van der Waals surface area (Å²) in [6.45, 7) is 3.70. The molecule has 7 heteroatoms. The minimum Gasteiger partial charge on any atom is -0.381 e. The molecule has 1 saturated heterocycles. The van der Waals surface area contributed by atoms with E-state index >= 15 is 0 Å². The summed E-state index contributed by atoms with van der Waals surface area (Å²) in [6.07, 6.45) is 0.892. The Bertz CT molecular complexity index is 271. The molecule has 14 heavy (non-hydrogen) atoms. The molecule has 84 valence electrons. The Kier molecular flexibility index (Phi) is 3.85. The van der Waals surface area contributed by atoms with E-state index in [0.717, 1.165) is 6.42 Å². The van der Waals surface area contributed by atoms with Gasteiger partial charge >= 0.3 is 0 Å². The van der Waals surface area contributed by atoms with Crippen molar-refractivity contribution in [1.82, 2.24) is 4.83 Å². The van der Waals surface area contributed by atoms with Gasteiger partial charge in [0.1, 0.15) is 0 Å². The van der Waals surface area contributed by atoms with Gasteiger partial charge in [-0.2, -0.15) is 4.83 Å². The van der Waals surface area contributed by atoms with E-state index in [0.29, 0.717) is 19.8 Å². The Morgan fingerprint density at radius 3 is 2.86 bits per heavy atom. The quantitative estimate of drug-likeness (QED) is 0.470. The number of hydrogen-bond acceptors (Lipinski definition) is 5. The predicted octanol–water partition coefficient (Wildman–Crippen LogP) is -0.820. The van der Waals surface area contributed by atoms with Gasteiger partial charge in [0.2, 0.25) is 10.0 Å². The van der Waals surface area contributed by atoms with Crippen LogP contribution in [0.3, 0.4) is 0 Å². The van der Waals surface area contributed by atoms with Crippen LogP contribution in [-0.4, -0.2) is 34.2 Å². The zero-order chi connectivity index (χ0) is 10.7. The summed E-state index contributed by atoms with van der Waals surface area (Å²) >= 11 is 0. The lowest BCUT2D eigenvalue weighted by Gasteiger charge is -2.20. The Hall–Kier alpha value is -0.210. The highest BCUT2D eigenvalue weighted by Gasteiger charge is 2.30. The topological polar surface area (TPSA) is 90.7 Å². The van der Waals surface area contributed by atoms with Crippen LogP contribution in [-0.2, 0) is 19.5 Å². The van der Waals surface area contributed by atoms with E-state index < -0.39 is 16.0 Å². The summed E-state index contributed by atoms with van der Waals surface area (Å²) in [5.41, 5.74) is -0.0654. The Morgan fingerprint density at radius 1 is 1.64 bits per heavy atom. The molecule has 0 aromatic rings. The zero-order valence-electron chi connectivity index (χ0n) is 8.15. The molecule has 0 spiro atoms. The van der Waals surface area contributed by atoms with Crippen molar-refractivity contribution in [3.8, 4) is 0 Å². The number of hydrogen-bond donors (Lipinski definition) is 2. The third kappa shape index (κ3) is 3.50. The first kappa shape index (κ1) is 11.9. The summed E-state index contributed by atoms with van der Waals surface area (Å²) in [6, 6.07) is 0. The number of nitrogens with one attached hydrogen (secondary N) is 1. The summed E-state index contributed by atoms with van der Waals surface area (Å²) in [5, 5.41) is 0. The number of ether oxygens (including phenoxy) is 2. The van der Waals surface area contributed by atoms with Crippen LogP contribution in [0.15, 0.2) is 0 Å². The Morgan fingerprint density at radius 2 is 2.36 bits per heavy atom. The number of hydrazine groups is 1. The van der Waals surface area contributed by atoms with Gasteiger partial charge in [-0.3, -0.25) is 5.84 Å². The van der Waals surface area contributed by atoms with Gasteiger partial charge in [-0.1, -0.05) is 6.92 Å². The smallest absolute Gasteiger partial charge is 0.248 e. The molecule has 1 fully saturated rings. The fraction of sp³-hybridized carbons (Fsp3) is 1.00. The molecule has 0 aromatic heterocycles. The molecule has 1 rings (SSSR count). The van der Waals surface area contributed by atoms with Crippen molar-refractivity contribution in [2.75, 3.05) is 25.8 Å². The molecule has 0 saturated carbocycles. The molecule has 3 N–H and O–H groups in total. The Balaban J connectivity index is 2.27. The molecule has 1 heterocycles. The standard InChI is InChI=1S/C7H16N2O4S/c1-7(2-3-12-4-7)5-13-6-14(10,11)9-8/h9H,2-6,8H2,1H3. The number of nitrogens with two attached hydrogens (primary N) is 1. The SMILES string of the molecule is CC1(COCS(=O)(=O)NN)CCOC1. The van der Waals surface area contributed by atoms with Crippen LogP contribution in [0.4, 0.5) is 0 Å². The molecule has 0 amide bonds. The largest absolute Gasteiger partial charge is 0.381 e. The van der Waals surface area contributed by atoms with Gasteiger partial charge in [-0.25, -0.2) is 8.42 Å². The molecule has 0 aliphatic carbocycles. The number of sulfonamides is 1. The summed E-state index contributed by atoms with van der Waals surface area (Å²) in [4.78, 5) is 1.70. The highest BCUT2D eigenvalue weighted by molar-refractivity contribution is 7.89. The first-order chi connectivity index (χ1) is 6.47. The van der Waals surface area contributed by atoms with E-state index in [2.05, 4.69) is 0 Å². The molecular formula is C7H16N2O4S. The zero-order valence-corrected chi connectivity index (χ0v) is 8.97. The van der Waals surface area contributed by atoms with Crippen LogP contribution in [0.5, 0.6) is 0 Å². The van der Waals surface area contributed by atoms with E-state index in [9.17, 15) is 8.42 Å². The first-order valence-electron chi connectivity index (χ1n) is 4.33. The third-order valence-corrected chi connectivity index (χ3v) is 3.01. The van der Waals surface area contributed by atoms with Crippen molar-refractivity contribution >= 4 is 10.0 Å². The lowest BCUT2D eigenvalue weighted by Crippen LogP contribution is -2.34. The molecule has 6 nitrogen and oxygen atoms in total. The van der Waals surface area contributed by atoms with Gasteiger partial charge in [0.05, 0.1) is 13.2 Å². The van der Waals surface area contributed by atoms with Gasteiger partial charge in [0.15, 0.2) is 5.94 Å². The van der Waals surface area contributed by atoms with Crippen molar-refractivity contribution < 1.29 is 17.9 Å². The fourth-order valence-corrected chi connectivity index (χ4v) is 1.63. The van der Waals surface area contributed by atoms with Gasteiger partial charge in [0.25, 0.3) is 0 Å². The highest BCUT2D eigenvalue weighted by atomic mass is 32.2. The molecule has 0 radical (unpaired) electrons.